The summed E-state index contributed by atoms with van der Waals surface area (Å²) in [6.07, 6.45) is 0.825. The van der Waals surface area contributed by atoms with Crippen molar-refractivity contribution in [2.45, 2.75) is 6.54 Å². The molecular formula is C14H17NO5. The largest absolute Gasteiger partial charge is 0.502 e. The van der Waals surface area contributed by atoms with Gasteiger partial charge in [0.15, 0.2) is 0 Å². The van der Waals surface area contributed by atoms with Crippen molar-refractivity contribution in [3.8, 4) is 5.75 Å². The average molecular weight is 279 g/mol. The third kappa shape index (κ3) is 4.31. The van der Waals surface area contributed by atoms with Crippen LogP contribution in [-0.2, 0) is 20.9 Å². The van der Waals surface area contributed by atoms with E-state index in [0.29, 0.717) is 12.3 Å². The third-order valence-corrected chi connectivity index (χ3v) is 2.58. The molecule has 0 aliphatic carbocycles. The minimum atomic E-state index is -0.951. The number of ether oxygens (including phenoxy) is 2. The molecule has 0 bridgehead atoms. The van der Waals surface area contributed by atoms with E-state index in [1.807, 2.05) is 12.1 Å². The Labute approximate surface area is 117 Å². The molecule has 6 nitrogen and oxygen atoms in total. The van der Waals surface area contributed by atoms with E-state index in [-0.39, 0.29) is 0 Å². The van der Waals surface area contributed by atoms with Gasteiger partial charge in [0.05, 0.1) is 20.3 Å². The molecule has 1 aromatic carbocycles. The zero-order valence-corrected chi connectivity index (χ0v) is 11.6. The SMILES string of the molecule is COC(=O)/C(O)=C/C(=O)N(C)Cc1cccc(OC)c1. The number of carbonyl (C=O) groups is 2. The van der Waals surface area contributed by atoms with Gasteiger partial charge in [-0.1, -0.05) is 12.1 Å². The van der Waals surface area contributed by atoms with Crippen LogP contribution in [0.25, 0.3) is 0 Å². The number of aliphatic hydroxyl groups excluding tert-OH is 1. The first-order valence-corrected chi connectivity index (χ1v) is 5.85. The maximum absolute atomic E-state index is 11.8. The maximum atomic E-state index is 11.8. The molecule has 0 fully saturated rings. The highest BCUT2D eigenvalue weighted by Gasteiger charge is 2.13. The Morgan fingerprint density at radius 1 is 1.35 bits per heavy atom. The van der Waals surface area contributed by atoms with Gasteiger partial charge in [-0.2, -0.15) is 0 Å². The third-order valence-electron chi connectivity index (χ3n) is 2.58. The van der Waals surface area contributed by atoms with Crippen LogP contribution >= 0.6 is 0 Å². The van der Waals surface area contributed by atoms with E-state index in [0.717, 1.165) is 18.7 Å². The van der Waals surface area contributed by atoms with Crippen molar-refractivity contribution in [1.82, 2.24) is 4.90 Å². The van der Waals surface area contributed by atoms with Crippen molar-refractivity contribution >= 4 is 11.9 Å². The predicted octanol–water partition coefficient (Wildman–Crippen LogP) is 1.27. The number of hydrogen-bond donors (Lipinski definition) is 1. The summed E-state index contributed by atoms with van der Waals surface area (Å²) in [7, 11) is 4.24. The number of benzene rings is 1. The summed E-state index contributed by atoms with van der Waals surface area (Å²) in [5.74, 6) is -1.49. The Hall–Kier alpha value is -2.50. The first-order chi connectivity index (χ1) is 9.47. The molecule has 0 radical (unpaired) electrons. The molecular weight excluding hydrogens is 262 g/mol. The molecule has 1 N–H and O–H groups in total. The Morgan fingerprint density at radius 3 is 2.65 bits per heavy atom. The number of nitrogens with zero attached hydrogens (tertiary/aromatic N) is 1. The summed E-state index contributed by atoms with van der Waals surface area (Å²) in [5, 5.41) is 9.30. The van der Waals surface area contributed by atoms with Gasteiger partial charge in [-0.3, -0.25) is 4.79 Å². The summed E-state index contributed by atoms with van der Waals surface area (Å²) in [5.41, 5.74) is 0.867. The fourth-order valence-electron chi connectivity index (χ4n) is 1.51. The summed E-state index contributed by atoms with van der Waals surface area (Å²) in [6.45, 7) is 0.320. The van der Waals surface area contributed by atoms with Gasteiger partial charge in [-0.25, -0.2) is 4.79 Å². The van der Waals surface area contributed by atoms with Gasteiger partial charge in [0, 0.05) is 13.6 Å². The lowest BCUT2D eigenvalue weighted by Crippen LogP contribution is -2.25. The van der Waals surface area contributed by atoms with Gasteiger partial charge in [-0.05, 0) is 17.7 Å². The minimum absolute atomic E-state index is 0.320. The first-order valence-electron chi connectivity index (χ1n) is 5.85. The van der Waals surface area contributed by atoms with Crippen molar-refractivity contribution in [1.29, 1.82) is 0 Å². The molecule has 0 unspecified atom stereocenters. The van der Waals surface area contributed by atoms with E-state index in [9.17, 15) is 14.7 Å². The number of rotatable bonds is 5. The number of hydrogen-bond acceptors (Lipinski definition) is 5. The van der Waals surface area contributed by atoms with E-state index in [1.54, 1.807) is 26.3 Å². The fourth-order valence-corrected chi connectivity index (χ4v) is 1.51. The van der Waals surface area contributed by atoms with E-state index in [4.69, 9.17) is 4.74 Å². The van der Waals surface area contributed by atoms with Crippen LogP contribution in [0, 0.1) is 0 Å². The first kappa shape index (κ1) is 15.6. The van der Waals surface area contributed by atoms with Crippen LogP contribution in [0.4, 0.5) is 0 Å². The molecule has 0 aromatic heterocycles. The maximum Gasteiger partial charge on any atom is 0.373 e. The Kier molecular flexibility index (Phi) is 5.58. The van der Waals surface area contributed by atoms with Crippen molar-refractivity contribution in [2.75, 3.05) is 21.3 Å². The lowest BCUT2D eigenvalue weighted by molar-refractivity contribution is -0.139. The fraction of sp³-hybridized carbons (Fsp3) is 0.286. The van der Waals surface area contributed by atoms with Crippen LogP contribution in [0.2, 0.25) is 0 Å². The second-order valence-corrected chi connectivity index (χ2v) is 4.07. The second-order valence-electron chi connectivity index (χ2n) is 4.07. The molecule has 0 spiro atoms. The number of likely N-dealkylation sites (N-methyl/N-ethyl adjacent to an activating group) is 1. The molecule has 0 saturated heterocycles. The van der Waals surface area contributed by atoms with Gasteiger partial charge in [0.25, 0.3) is 5.91 Å². The summed E-state index contributed by atoms with van der Waals surface area (Å²) in [6, 6.07) is 7.26. The minimum Gasteiger partial charge on any atom is -0.502 e. The van der Waals surface area contributed by atoms with Crippen molar-refractivity contribution in [2.24, 2.45) is 0 Å². The molecule has 0 aliphatic heterocycles. The van der Waals surface area contributed by atoms with Gasteiger partial charge in [0.2, 0.25) is 5.76 Å². The Bertz CT molecular complexity index is 524. The van der Waals surface area contributed by atoms with Crippen LogP contribution in [0.3, 0.4) is 0 Å². The molecule has 0 heterocycles. The quantitative estimate of drug-likeness (QED) is 0.499. The van der Waals surface area contributed by atoms with Crippen LogP contribution in [0.15, 0.2) is 36.1 Å². The smallest absolute Gasteiger partial charge is 0.373 e. The highest BCUT2D eigenvalue weighted by molar-refractivity contribution is 5.96. The van der Waals surface area contributed by atoms with E-state index >= 15 is 0 Å². The topological polar surface area (TPSA) is 76.1 Å². The van der Waals surface area contributed by atoms with E-state index in [1.165, 1.54) is 4.90 Å². The van der Waals surface area contributed by atoms with Crippen molar-refractivity contribution in [3.05, 3.63) is 41.7 Å². The Morgan fingerprint density at radius 2 is 2.05 bits per heavy atom. The van der Waals surface area contributed by atoms with Gasteiger partial charge in [-0.15, -0.1) is 0 Å². The van der Waals surface area contributed by atoms with Gasteiger partial charge >= 0.3 is 5.97 Å². The van der Waals surface area contributed by atoms with Crippen LogP contribution < -0.4 is 4.74 Å². The number of methoxy groups -OCH3 is 2. The second kappa shape index (κ2) is 7.18. The average Bonchev–Trinajstić information content (AvgIpc) is 2.46. The monoisotopic (exact) mass is 279 g/mol. The lowest BCUT2D eigenvalue weighted by Gasteiger charge is -2.15. The molecule has 20 heavy (non-hydrogen) atoms. The van der Waals surface area contributed by atoms with Crippen molar-refractivity contribution in [3.63, 3.8) is 0 Å². The van der Waals surface area contributed by atoms with E-state index in [2.05, 4.69) is 4.74 Å². The molecule has 6 heteroatoms. The predicted molar refractivity (Wildman–Crippen MR) is 72.2 cm³/mol. The molecule has 0 aliphatic rings. The molecule has 1 aromatic rings. The summed E-state index contributed by atoms with van der Waals surface area (Å²) in [4.78, 5) is 24.1. The number of esters is 1. The number of amides is 1. The summed E-state index contributed by atoms with van der Waals surface area (Å²) < 4.78 is 9.39. The Balaban J connectivity index is 2.72. The molecule has 1 rings (SSSR count). The zero-order valence-electron chi connectivity index (χ0n) is 11.6. The van der Waals surface area contributed by atoms with Crippen LogP contribution in [0.1, 0.15) is 5.56 Å². The number of carbonyl (C=O) groups excluding carboxylic acids is 2. The molecule has 108 valence electrons. The van der Waals surface area contributed by atoms with Crippen molar-refractivity contribution < 1.29 is 24.2 Å². The summed E-state index contributed by atoms with van der Waals surface area (Å²) >= 11 is 0. The standard InChI is InChI=1S/C14H17NO5/c1-15(13(17)8-12(16)14(18)20-3)9-10-5-4-6-11(7-10)19-2/h4-8,16H,9H2,1-3H3/b12-8-. The highest BCUT2D eigenvalue weighted by Crippen LogP contribution is 2.14. The van der Waals surface area contributed by atoms with Crippen LogP contribution in [-0.4, -0.2) is 43.2 Å². The van der Waals surface area contributed by atoms with Crippen LogP contribution in [0.5, 0.6) is 5.75 Å². The van der Waals surface area contributed by atoms with Gasteiger partial charge in [0.1, 0.15) is 5.75 Å². The highest BCUT2D eigenvalue weighted by atomic mass is 16.5. The normalized spacial score (nSPS) is 10.8. The molecule has 1 amide bonds. The van der Waals surface area contributed by atoms with Gasteiger partial charge < -0.3 is 19.5 Å². The van der Waals surface area contributed by atoms with E-state index < -0.39 is 17.6 Å². The molecule has 0 atom stereocenters. The molecule has 0 saturated carbocycles. The zero-order chi connectivity index (χ0) is 15.1. The lowest BCUT2D eigenvalue weighted by atomic mass is 10.2. The number of aliphatic hydroxyl groups is 1.